The van der Waals surface area contributed by atoms with E-state index in [0.717, 1.165) is 32.1 Å². The Hall–Kier alpha value is -2.23. The van der Waals surface area contributed by atoms with Crippen molar-refractivity contribution in [1.29, 1.82) is 0 Å². The van der Waals surface area contributed by atoms with Gasteiger partial charge in [-0.1, -0.05) is 56.2 Å². The Balaban J connectivity index is 1.85. The van der Waals surface area contributed by atoms with Gasteiger partial charge >= 0.3 is 0 Å². The first-order chi connectivity index (χ1) is 15.9. The molecule has 0 radical (unpaired) electrons. The van der Waals surface area contributed by atoms with E-state index in [1.54, 1.807) is 29.3 Å². The van der Waals surface area contributed by atoms with Gasteiger partial charge in [0, 0.05) is 25.9 Å². The Kier molecular flexibility index (Phi) is 9.46. The molecule has 0 aromatic carbocycles. The molecule has 7 nitrogen and oxygen atoms in total. The number of thioether (sulfide) groups is 1. The van der Waals surface area contributed by atoms with Crippen LogP contribution in [0.5, 0.6) is 0 Å². The van der Waals surface area contributed by atoms with Crippen molar-refractivity contribution in [3.8, 4) is 0 Å². The molecular formula is C24H32N4O3S2. The number of unbranched alkanes of at least 4 members (excludes halogenated alkanes) is 3. The highest BCUT2D eigenvalue weighted by molar-refractivity contribution is 8.26. The minimum absolute atomic E-state index is 0.143. The van der Waals surface area contributed by atoms with Crippen LogP contribution in [0.3, 0.4) is 0 Å². The second-order valence-corrected chi connectivity index (χ2v) is 9.88. The number of anilines is 1. The summed E-state index contributed by atoms with van der Waals surface area (Å²) >= 11 is 6.69. The van der Waals surface area contributed by atoms with Gasteiger partial charge in [0.25, 0.3) is 11.5 Å². The predicted octanol–water partition coefficient (Wildman–Crippen LogP) is 4.70. The highest BCUT2D eigenvalue weighted by Gasteiger charge is 2.32. The zero-order valence-electron chi connectivity index (χ0n) is 19.5. The molecule has 2 aromatic rings. The lowest BCUT2D eigenvalue weighted by molar-refractivity contribution is -0.122. The maximum Gasteiger partial charge on any atom is 0.267 e. The molecule has 1 aliphatic heterocycles. The molecule has 1 N–H and O–H groups in total. The summed E-state index contributed by atoms with van der Waals surface area (Å²) in [6, 6.07) is 5.41. The van der Waals surface area contributed by atoms with Crippen LogP contribution in [0.4, 0.5) is 5.82 Å². The van der Waals surface area contributed by atoms with Crippen LogP contribution in [-0.4, -0.2) is 50.3 Å². The van der Waals surface area contributed by atoms with Crippen LogP contribution in [0.1, 0.15) is 58.4 Å². The number of nitrogens with zero attached hydrogens (tertiary/aromatic N) is 3. The van der Waals surface area contributed by atoms with Crippen LogP contribution in [0.2, 0.25) is 0 Å². The van der Waals surface area contributed by atoms with Gasteiger partial charge < -0.3 is 10.1 Å². The predicted molar refractivity (Wildman–Crippen MR) is 140 cm³/mol. The summed E-state index contributed by atoms with van der Waals surface area (Å²) < 4.78 is 7.62. The summed E-state index contributed by atoms with van der Waals surface area (Å²) in [6.45, 7) is 7.97. The molecule has 1 fully saturated rings. The number of amides is 1. The Morgan fingerprint density at radius 1 is 1.21 bits per heavy atom. The minimum atomic E-state index is -0.227. The molecule has 0 spiro atoms. The number of carbonyl (C=O) groups is 1. The molecule has 1 aliphatic rings. The van der Waals surface area contributed by atoms with Gasteiger partial charge in [-0.05, 0) is 44.9 Å². The zero-order valence-corrected chi connectivity index (χ0v) is 21.1. The standard InChI is InChI=1S/C24H32N4O3S2/c1-4-5-6-8-14-28-23(30)19(33-24(28)32)16-18-21(25-12-10-15-31-17(2)3)26-20-11-7-9-13-27(20)22(18)29/h7,9,11,13,16-17,25H,4-6,8,10,12,14-15H2,1-3H3. The van der Waals surface area contributed by atoms with Crippen LogP contribution in [0, 0.1) is 0 Å². The fourth-order valence-electron chi connectivity index (χ4n) is 3.49. The lowest BCUT2D eigenvalue weighted by atomic mass is 10.2. The molecule has 0 aliphatic carbocycles. The first kappa shape index (κ1) is 25.4. The number of fused-ring (bicyclic) bond motifs is 1. The molecule has 0 saturated carbocycles. The lowest BCUT2D eigenvalue weighted by Gasteiger charge is -2.14. The van der Waals surface area contributed by atoms with E-state index in [1.165, 1.54) is 16.2 Å². The first-order valence-electron chi connectivity index (χ1n) is 11.5. The van der Waals surface area contributed by atoms with Crippen molar-refractivity contribution in [2.24, 2.45) is 0 Å². The summed E-state index contributed by atoms with van der Waals surface area (Å²) in [4.78, 5) is 33.0. The monoisotopic (exact) mass is 488 g/mol. The van der Waals surface area contributed by atoms with Crippen molar-refractivity contribution in [1.82, 2.24) is 14.3 Å². The molecular weight excluding hydrogens is 456 g/mol. The summed E-state index contributed by atoms with van der Waals surface area (Å²) in [7, 11) is 0. The SMILES string of the molecule is CCCCCCN1C(=O)C(=Cc2c(NCCCOC(C)C)nc3ccccn3c2=O)SC1=S. The number of pyridine rings is 1. The normalized spacial score (nSPS) is 15.4. The summed E-state index contributed by atoms with van der Waals surface area (Å²) in [5, 5.41) is 3.26. The highest BCUT2D eigenvalue weighted by atomic mass is 32.2. The Morgan fingerprint density at radius 3 is 2.79 bits per heavy atom. The first-order valence-corrected chi connectivity index (χ1v) is 12.8. The van der Waals surface area contributed by atoms with Crippen molar-refractivity contribution >= 4 is 51.7 Å². The zero-order chi connectivity index (χ0) is 23.8. The molecule has 1 amide bonds. The number of hydrogen-bond acceptors (Lipinski definition) is 7. The maximum absolute atomic E-state index is 13.3. The Bertz CT molecular complexity index is 1080. The van der Waals surface area contributed by atoms with Gasteiger partial charge in [0.2, 0.25) is 0 Å². The summed E-state index contributed by atoms with van der Waals surface area (Å²) in [6.07, 6.45) is 8.52. The highest BCUT2D eigenvalue weighted by Crippen LogP contribution is 2.33. The second-order valence-electron chi connectivity index (χ2n) is 8.20. The van der Waals surface area contributed by atoms with E-state index < -0.39 is 0 Å². The molecule has 0 bridgehead atoms. The van der Waals surface area contributed by atoms with E-state index in [9.17, 15) is 9.59 Å². The summed E-state index contributed by atoms with van der Waals surface area (Å²) in [5.41, 5.74) is 0.675. The quantitative estimate of drug-likeness (QED) is 0.264. The van der Waals surface area contributed by atoms with Crippen LogP contribution in [0.15, 0.2) is 34.1 Å². The van der Waals surface area contributed by atoms with E-state index in [4.69, 9.17) is 17.0 Å². The largest absolute Gasteiger partial charge is 0.379 e. The Morgan fingerprint density at radius 2 is 2.03 bits per heavy atom. The minimum Gasteiger partial charge on any atom is -0.379 e. The Labute approximate surface area is 204 Å². The number of rotatable bonds is 12. The van der Waals surface area contributed by atoms with Gasteiger partial charge in [0.15, 0.2) is 0 Å². The van der Waals surface area contributed by atoms with Crippen LogP contribution < -0.4 is 10.9 Å². The molecule has 2 aromatic heterocycles. The smallest absolute Gasteiger partial charge is 0.267 e. The van der Waals surface area contributed by atoms with E-state index in [-0.39, 0.29) is 17.6 Å². The maximum atomic E-state index is 13.3. The van der Waals surface area contributed by atoms with Gasteiger partial charge in [-0.2, -0.15) is 0 Å². The fourth-order valence-corrected chi connectivity index (χ4v) is 4.78. The molecule has 9 heteroatoms. The average molecular weight is 489 g/mol. The van der Waals surface area contributed by atoms with Crippen molar-refractivity contribution in [3.63, 3.8) is 0 Å². The molecule has 0 unspecified atom stereocenters. The van der Waals surface area contributed by atoms with Gasteiger partial charge in [0.1, 0.15) is 15.8 Å². The number of aromatic nitrogens is 2. The van der Waals surface area contributed by atoms with Crippen molar-refractivity contribution in [2.75, 3.05) is 25.0 Å². The van der Waals surface area contributed by atoms with Gasteiger partial charge in [-0.15, -0.1) is 0 Å². The van der Waals surface area contributed by atoms with E-state index in [0.29, 0.717) is 46.0 Å². The summed E-state index contributed by atoms with van der Waals surface area (Å²) in [5.74, 6) is 0.319. The second kappa shape index (κ2) is 12.3. The van der Waals surface area contributed by atoms with Gasteiger partial charge in [0.05, 0.1) is 16.6 Å². The van der Waals surface area contributed by atoms with E-state index >= 15 is 0 Å². The van der Waals surface area contributed by atoms with Crippen molar-refractivity contribution < 1.29 is 9.53 Å². The third kappa shape index (κ3) is 6.65. The van der Waals surface area contributed by atoms with Gasteiger partial charge in [-0.25, -0.2) is 4.98 Å². The van der Waals surface area contributed by atoms with E-state index in [2.05, 4.69) is 17.2 Å². The molecule has 178 valence electrons. The van der Waals surface area contributed by atoms with Crippen LogP contribution in [-0.2, 0) is 9.53 Å². The molecule has 3 heterocycles. The number of hydrogen-bond donors (Lipinski definition) is 1. The lowest BCUT2D eigenvalue weighted by Crippen LogP contribution is -2.29. The fraction of sp³-hybridized carbons (Fsp3) is 0.500. The third-order valence-electron chi connectivity index (χ3n) is 5.22. The van der Waals surface area contributed by atoms with Crippen molar-refractivity contribution in [2.45, 2.75) is 59.0 Å². The third-order valence-corrected chi connectivity index (χ3v) is 6.60. The molecule has 0 atom stereocenters. The number of carbonyl (C=O) groups excluding carboxylic acids is 1. The molecule has 3 rings (SSSR count). The van der Waals surface area contributed by atoms with Gasteiger partial charge in [-0.3, -0.25) is 18.9 Å². The average Bonchev–Trinajstić information content (AvgIpc) is 3.05. The number of nitrogens with one attached hydrogen (secondary N) is 1. The topological polar surface area (TPSA) is 75.9 Å². The van der Waals surface area contributed by atoms with Crippen LogP contribution >= 0.6 is 24.0 Å². The number of thiocarbonyl (C=S) groups is 1. The number of ether oxygens (including phenoxy) is 1. The molecule has 1 saturated heterocycles. The van der Waals surface area contributed by atoms with E-state index in [1.807, 2.05) is 19.9 Å². The molecule has 33 heavy (non-hydrogen) atoms. The van der Waals surface area contributed by atoms with Crippen LogP contribution in [0.25, 0.3) is 11.7 Å². The van der Waals surface area contributed by atoms with Crippen molar-refractivity contribution in [3.05, 3.63) is 45.2 Å².